The van der Waals surface area contributed by atoms with Crippen molar-refractivity contribution >= 4 is 5.97 Å². The van der Waals surface area contributed by atoms with Gasteiger partial charge in [-0.15, -0.1) is 0 Å². The zero-order chi connectivity index (χ0) is 12.6. The lowest BCUT2D eigenvalue weighted by atomic mass is 9.74. The van der Waals surface area contributed by atoms with Crippen LogP contribution in [0.2, 0.25) is 0 Å². The summed E-state index contributed by atoms with van der Waals surface area (Å²) >= 11 is 0. The first-order valence-electron chi connectivity index (χ1n) is 6.50. The van der Waals surface area contributed by atoms with Gasteiger partial charge in [-0.05, 0) is 62.9 Å². The van der Waals surface area contributed by atoms with Crippen LogP contribution >= 0.6 is 0 Å². The molecule has 0 aromatic carbocycles. The monoisotopic (exact) mass is 233 g/mol. The van der Waals surface area contributed by atoms with Gasteiger partial charge >= 0.3 is 0 Å². The van der Waals surface area contributed by atoms with Crippen LogP contribution in [-0.2, 0) is 4.79 Å². The molecule has 0 aromatic rings. The summed E-state index contributed by atoms with van der Waals surface area (Å²) < 4.78 is 0. The van der Waals surface area contributed by atoms with Gasteiger partial charge in [0.1, 0.15) is 0 Å². The largest absolute Gasteiger partial charge is 0.545 e. The average Bonchev–Trinajstić information content (AvgIpc) is 2.53. The number of hydrogen-bond donors (Lipinski definition) is 0. The normalized spacial score (nSPS) is 35.9. The fourth-order valence-corrected chi connectivity index (χ4v) is 3.40. The molecule has 0 aromatic heterocycles. The lowest BCUT2D eigenvalue weighted by Gasteiger charge is -2.30. The highest BCUT2D eigenvalue weighted by Gasteiger charge is 2.42. The van der Waals surface area contributed by atoms with Crippen molar-refractivity contribution in [3.05, 3.63) is 22.8 Å². The number of fused-ring (bicyclic) bond motifs is 1. The molecule has 2 nitrogen and oxygen atoms in total. The minimum absolute atomic E-state index is 0.292. The second-order valence-corrected chi connectivity index (χ2v) is 5.93. The minimum atomic E-state index is -0.991. The van der Waals surface area contributed by atoms with E-state index in [2.05, 4.69) is 19.9 Å². The van der Waals surface area contributed by atoms with Crippen molar-refractivity contribution in [2.75, 3.05) is 0 Å². The number of rotatable bonds is 1. The van der Waals surface area contributed by atoms with Crippen LogP contribution in [0.4, 0.5) is 0 Å². The number of carboxylic acids is 1. The van der Waals surface area contributed by atoms with Crippen LogP contribution in [-0.4, -0.2) is 5.97 Å². The van der Waals surface area contributed by atoms with Crippen molar-refractivity contribution in [3.63, 3.8) is 0 Å². The molecule has 0 unspecified atom stereocenters. The number of aliphatic carboxylic acids is 1. The van der Waals surface area contributed by atoms with Crippen LogP contribution in [0.15, 0.2) is 22.8 Å². The van der Waals surface area contributed by atoms with E-state index >= 15 is 0 Å². The molecule has 0 spiro atoms. The standard InChI is InChI=1S/C15H22O2/c1-10-4-5-13-12(11(2)14(16)17)7-9-15(13,3)8-6-10/h4,13H,5-9H2,1-3H3,(H,16,17)/p-1/b12-11+/t13-,15-/m1/s1. The molecule has 2 atom stereocenters. The zero-order valence-electron chi connectivity index (χ0n) is 11.0. The molecule has 0 radical (unpaired) electrons. The molecule has 1 fully saturated rings. The van der Waals surface area contributed by atoms with Gasteiger partial charge < -0.3 is 9.90 Å². The maximum absolute atomic E-state index is 11.0. The molecule has 0 bridgehead atoms. The van der Waals surface area contributed by atoms with E-state index in [-0.39, 0.29) is 0 Å². The summed E-state index contributed by atoms with van der Waals surface area (Å²) in [4.78, 5) is 11.0. The lowest BCUT2D eigenvalue weighted by molar-refractivity contribution is -0.299. The van der Waals surface area contributed by atoms with E-state index in [0.29, 0.717) is 16.9 Å². The summed E-state index contributed by atoms with van der Waals surface area (Å²) in [6.45, 7) is 6.21. The molecule has 94 valence electrons. The highest BCUT2D eigenvalue weighted by Crippen LogP contribution is 2.53. The molecule has 2 aliphatic rings. The van der Waals surface area contributed by atoms with E-state index in [1.807, 2.05) is 0 Å². The van der Waals surface area contributed by atoms with Gasteiger partial charge in [0.15, 0.2) is 0 Å². The number of carbonyl (C=O) groups excluding carboxylic acids is 1. The number of allylic oxidation sites excluding steroid dienone is 3. The Bertz CT molecular complexity index is 403. The van der Waals surface area contributed by atoms with Gasteiger partial charge in [-0.2, -0.15) is 0 Å². The number of carboxylic acid groups (broad SMARTS) is 1. The van der Waals surface area contributed by atoms with E-state index in [0.717, 1.165) is 31.3 Å². The Hall–Kier alpha value is -1.05. The van der Waals surface area contributed by atoms with Crippen molar-refractivity contribution in [2.45, 2.75) is 52.9 Å². The Morgan fingerprint density at radius 2 is 2.06 bits per heavy atom. The average molecular weight is 233 g/mol. The minimum Gasteiger partial charge on any atom is -0.545 e. The molecule has 2 rings (SSSR count). The molecule has 0 N–H and O–H groups in total. The predicted octanol–water partition coefficient (Wildman–Crippen LogP) is 2.60. The van der Waals surface area contributed by atoms with Gasteiger partial charge in [0.2, 0.25) is 0 Å². The van der Waals surface area contributed by atoms with Gasteiger partial charge in [-0.1, -0.05) is 24.1 Å². The topological polar surface area (TPSA) is 40.1 Å². The van der Waals surface area contributed by atoms with Crippen molar-refractivity contribution in [3.8, 4) is 0 Å². The quantitative estimate of drug-likeness (QED) is 0.516. The lowest BCUT2D eigenvalue weighted by Crippen LogP contribution is -2.27. The SMILES string of the molecule is CC1=CC[C@@H]2/C(=C(\C)C(=O)[O-])CC[C@@]2(C)CC1. The van der Waals surface area contributed by atoms with E-state index < -0.39 is 5.97 Å². The van der Waals surface area contributed by atoms with Crippen molar-refractivity contribution in [1.29, 1.82) is 0 Å². The van der Waals surface area contributed by atoms with Gasteiger partial charge in [-0.25, -0.2) is 0 Å². The smallest absolute Gasteiger partial charge is 0.0671 e. The zero-order valence-corrected chi connectivity index (χ0v) is 11.0. The highest BCUT2D eigenvalue weighted by molar-refractivity contribution is 5.85. The van der Waals surface area contributed by atoms with Crippen LogP contribution < -0.4 is 5.11 Å². The van der Waals surface area contributed by atoms with Crippen LogP contribution in [0.3, 0.4) is 0 Å². The molecule has 2 aliphatic carbocycles. The summed E-state index contributed by atoms with van der Waals surface area (Å²) in [5.74, 6) is -0.577. The fraction of sp³-hybridized carbons (Fsp3) is 0.667. The molecular weight excluding hydrogens is 212 g/mol. The molecular formula is C15H21O2-. The molecule has 0 aliphatic heterocycles. The van der Waals surface area contributed by atoms with E-state index in [4.69, 9.17) is 0 Å². The molecule has 0 heterocycles. The van der Waals surface area contributed by atoms with Crippen molar-refractivity contribution in [2.24, 2.45) is 11.3 Å². The van der Waals surface area contributed by atoms with Gasteiger partial charge in [0.25, 0.3) is 0 Å². The Balaban J connectivity index is 2.36. The Kier molecular flexibility index (Phi) is 3.15. The van der Waals surface area contributed by atoms with Crippen LogP contribution in [0.5, 0.6) is 0 Å². The highest BCUT2D eigenvalue weighted by atomic mass is 16.4. The second kappa shape index (κ2) is 4.32. The molecule has 17 heavy (non-hydrogen) atoms. The predicted molar refractivity (Wildman–Crippen MR) is 66.1 cm³/mol. The summed E-state index contributed by atoms with van der Waals surface area (Å²) in [5, 5.41) is 11.0. The van der Waals surface area contributed by atoms with E-state index in [1.165, 1.54) is 12.0 Å². The number of hydrogen-bond acceptors (Lipinski definition) is 2. The fourth-order valence-electron chi connectivity index (χ4n) is 3.40. The Labute approximate surface area is 103 Å². The Morgan fingerprint density at radius 1 is 1.41 bits per heavy atom. The molecule has 1 saturated carbocycles. The first-order valence-corrected chi connectivity index (χ1v) is 6.50. The van der Waals surface area contributed by atoms with Crippen LogP contribution in [0.1, 0.15) is 52.9 Å². The third-order valence-corrected chi connectivity index (χ3v) is 4.81. The van der Waals surface area contributed by atoms with Crippen molar-refractivity contribution < 1.29 is 9.90 Å². The summed E-state index contributed by atoms with van der Waals surface area (Å²) in [6.07, 6.45) is 7.70. The van der Waals surface area contributed by atoms with E-state index in [1.54, 1.807) is 6.92 Å². The maximum atomic E-state index is 11.0. The van der Waals surface area contributed by atoms with Crippen LogP contribution in [0.25, 0.3) is 0 Å². The van der Waals surface area contributed by atoms with Gasteiger partial charge in [0.05, 0.1) is 5.97 Å². The summed E-state index contributed by atoms with van der Waals surface area (Å²) in [5.41, 5.74) is 3.36. The maximum Gasteiger partial charge on any atom is 0.0671 e. The van der Waals surface area contributed by atoms with Gasteiger partial charge in [-0.3, -0.25) is 0 Å². The summed E-state index contributed by atoms with van der Waals surface area (Å²) in [6, 6.07) is 0. The summed E-state index contributed by atoms with van der Waals surface area (Å²) in [7, 11) is 0. The van der Waals surface area contributed by atoms with Gasteiger partial charge in [0, 0.05) is 0 Å². The van der Waals surface area contributed by atoms with E-state index in [9.17, 15) is 9.90 Å². The third kappa shape index (κ3) is 2.18. The first-order chi connectivity index (χ1) is 7.94. The number of carbonyl (C=O) groups is 1. The molecule has 2 heteroatoms. The second-order valence-electron chi connectivity index (χ2n) is 5.93. The molecule has 0 saturated heterocycles. The third-order valence-electron chi connectivity index (χ3n) is 4.81. The Morgan fingerprint density at radius 3 is 2.71 bits per heavy atom. The molecule has 0 amide bonds. The first kappa shape index (κ1) is 12.4. The van der Waals surface area contributed by atoms with Crippen LogP contribution in [0, 0.1) is 11.3 Å². The van der Waals surface area contributed by atoms with Crippen molar-refractivity contribution in [1.82, 2.24) is 0 Å².